The molecule has 35 heavy (non-hydrogen) atoms. The van der Waals surface area contributed by atoms with E-state index in [1.165, 1.54) is 18.4 Å². The highest BCUT2D eigenvalue weighted by molar-refractivity contribution is 7.07. The summed E-state index contributed by atoms with van der Waals surface area (Å²) in [6.07, 6.45) is 1.98. The second kappa shape index (κ2) is 10.1. The van der Waals surface area contributed by atoms with Gasteiger partial charge >= 0.3 is 0 Å². The maximum atomic E-state index is 9.99. The molecule has 7 nitrogen and oxygen atoms in total. The van der Waals surface area contributed by atoms with Gasteiger partial charge in [-0.3, -0.25) is 9.56 Å². The van der Waals surface area contributed by atoms with Gasteiger partial charge in [-0.25, -0.2) is 0 Å². The predicted octanol–water partition coefficient (Wildman–Crippen LogP) is 2.61. The summed E-state index contributed by atoms with van der Waals surface area (Å²) in [6, 6.07) is 25.1. The number of hydrogen-bond acceptors (Lipinski definition) is 7. The van der Waals surface area contributed by atoms with E-state index in [9.17, 15) is 10.2 Å². The standard InChI is InChI=1S/C27H24N4O3S/c1-34-22-16-18(12-13-21(22)33)17-23-26(28-14-15-32)31-25(20-10-6-3-7-11-20)24(29-30-27(31)35-23)19-8-4-2-5-9-19/h2-13,16-17,25,32-33H,14-15H2,1H3. The molecular formula is C27H24N4O3S. The van der Waals surface area contributed by atoms with Crippen molar-refractivity contribution in [2.45, 2.75) is 6.04 Å². The molecule has 176 valence electrons. The van der Waals surface area contributed by atoms with Crippen LogP contribution < -0.4 is 19.6 Å². The van der Waals surface area contributed by atoms with E-state index in [4.69, 9.17) is 9.73 Å². The second-order valence-corrected chi connectivity index (χ2v) is 8.90. The van der Waals surface area contributed by atoms with E-state index in [1.807, 2.05) is 60.7 Å². The Morgan fingerprint density at radius 2 is 1.77 bits per heavy atom. The first-order valence-electron chi connectivity index (χ1n) is 11.2. The van der Waals surface area contributed by atoms with Crippen molar-refractivity contribution in [2.75, 3.05) is 20.3 Å². The van der Waals surface area contributed by atoms with Gasteiger partial charge in [-0.1, -0.05) is 78.1 Å². The first kappa shape index (κ1) is 22.8. The third kappa shape index (κ3) is 4.53. The minimum atomic E-state index is -0.240. The molecule has 0 fully saturated rings. The summed E-state index contributed by atoms with van der Waals surface area (Å²) in [5.41, 5.74) is 4.43. The highest BCUT2D eigenvalue weighted by Crippen LogP contribution is 2.27. The lowest BCUT2D eigenvalue weighted by atomic mass is 9.96. The first-order valence-corrected chi connectivity index (χ1v) is 12.0. The molecule has 4 aromatic rings. The Labute approximate surface area is 206 Å². The molecule has 0 amide bonds. The number of nitrogens with zero attached hydrogens (tertiary/aromatic N) is 4. The largest absolute Gasteiger partial charge is 0.504 e. The van der Waals surface area contributed by atoms with Crippen molar-refractivity contribution >= 4 is 23.1 Å². The van der Waals surface area contributed by atoms with Crippen molar-refractivity contribution in [1.29, 1.82) is 0 Å². The van der Waals surface area contributed by atoms with Crippen molar-refractivity contribution in [1.82, 2.24) is 4.57 Å². The fourth-order valence-electron chi connectivity index (χ4n) is 4.08. The highest BCUT2D eigenvalue weighted by atomic mass is 32.1. The predicted molar refractivity (Wildman–Crippen MR) is 136 cm³/mol. The molecule has 2 heterocycles. The Bertz CT molecular complexity index is 1560. The molecule has 2 N–H and O–H groups in total. The quantitative estimate of drug-likeness (QED) is 0.441. The van der Waals surface area contributed by atoms with Crippen molar-refractivity contribution < 1.29 is 14.9 Å². The van der Waals surface area contributed by atoms with Gasteiger partial charge in [-0.2, -0.15) is 0 Å². The molecule has 1 atom stereocenters. The molecular weight excluding hydrogens is 460 g/mol. The molecule has 0 aliphatic carbocycles. The Morgan fingerprint density at radius 1 is 1.03 bits per heavy atom. The van der Waals surface area contributed by atoms with Crippen LogP contribution in [0.1, 0.15) is 22.7 Å². The number of thiazole rings is 1. The van der Waals surface area contributed by atoms with E-state index >= 15 is 0 Å². The molecule has 1 unspecified atom stereocenters. The van der Waals surface area contributed by atoms with Crippen LogP contribution in [-0.4, -0.2) is 40.8 Å². The van der Waals surface area contributed by atoms with Gasteiger partial charge in [0.25, 0.3) is 0 Å². The monoisotopic (exact) mass is 484 g/mol. The van der Waals surface area contributed by atoms with E-state index < -0.39 is 0 Å². The number of phenolic OH excluding ortho intramolecular Hbond substituents is 1. The number of fused-ring (bicyclic) bond motifs is 1. The average molecular weight is 485 g/mol. The zero-order valence-electron chi connectivity index (χ0n) is 19.1. The summed E-state index contributed by atoms with van der Waals surface area (Å²) in [4.78, 5) is 5.47. The van der Waals surface area contributed by atoms with Gasteiger partial charge in [-0.05, 0) is 29.3 Å². The molecule has 1 aromatic heterocycles. The molecule has 1 aliphatic heterocycles. The van der Waals surface area contributed by atoms with Crippen molar-refractivity contribution in [3.05, 3.63) is 110 Å². The fourth-order valence-corrected chi connectivity index (χ4v) is 5.10. The molecule has 0 saturated heterocycles. The van der Waals surface area contributed by atoms with E-state index in [0.717, 1.165) is 26.9 Å². The minimum absolute atomic E-state index is 0.0650. The van der Waals surface area contributed by atoms with Crippen LogP contribution in [0.15, 0.2) is 94.1 Å². The highest BCUT2D eigenvalue weighted by Gasteiger charge is 2.27. The van der Waals surface area contributed by atoms with Crippen LogP contribution in [0.2, 0.25) is 0 Å². The molecule has 0 bridgehead atoms. The van der Waals surface area contributed by atoms with Crippen molar-refractivity contribution in [2.24, 2.45) is 15.2 Å². The Hall–Kier alpha value is -4.01. The van der Waals surface area contributed by atoms with E-state index in [-0.39, 0.29) is 24.9 Å². The molecule has 5 rings (SSSR count). The number of aliphatic hydroxyl groups excluding tert-OH is 1. The molecule has 0 radical (unpaired) electrons. The van der Waals surface area contributed by atoms with Gasteiger partial charge in [0.1, 0.15) is 11.5 Å². The van der Waals surface area contributed by atoms with Crippen LogP contribution in [0.5, 0.6) is 11.5 Å². The van der Waals surface area contributed by atoms with Crippen molar-refractivity contribution in [3.63, 3.8) is 0 Å². The minimum Gasteiger partial charge on any atom is -0.504 e. The lowest BCUT2D eigenvalue weighted by molar-refractivity contribution is 0.305. The SMILES string of the molecule is COc1cc(C=c2sc3n(c2=NCCO)C(c2ccccc2)C(c2ccccc2)=NN=3)ccc1O. The van der Waals surface area contributed by atoms with Gasteiger partial charge in [0.15, 0.2) is 11.5 Å². The lowest BCUT2D eigenvalue weighted by Gasteiger charge is -2.23. The molecule has 1 aliphatic rings. The van der Waals surface area contributed by atoms with Crippen LogP contribution >= 0.6 is 11.3 Å². The van der Waals surface area contributed by atoms with Gasteiger partial charge in [0.2, 0.25) is 4.80 Å². The number of rotatable bonds is 6. The van der Waals surface area contributed by atoms with Gasteiger partial charge < -0.3 is 14.9 Å². The van der Waals surface area contributed by atoms with E-state index in [1.54, 1.807) is 12.1 Å². The lowest BCUT2D eigenvalue weighted by Crippen LogP contribution is -2.41. The summed E-state index contributed by atoms with van der Waals surface area (Å²) in [6.45, 7) is 0.194. The van der Waals surface area contributed by atoms with Crippen LogP contribution in [0.25, 0.3) is 6.08 Å². The Balaban J connectivity index is 1.77. The van der Waals surface area contributed by atoms with Crippen LogP contribution in [0.4, 0.5) is 0 Å². The maximum Gasteiger partial charge on any atom is 0.213 e. The Morgan fingerprint density at radius 3 is 2.49 bits per heavy atom. The number of methoxy groups -OCH3 is 1. The zero-order chi connectivity index (χ0) is 24.2. The zero-order valence-corrected chi connectivity index (χ0v) is 19.9. The summed E-state index contributed by atoms with van der Waals surface area (Å²) in [5.74, 6) is 0.470. The number of aliphatic hydroxyl groups is 1. The molecule has 0 saturated carbocycles. The summed E-state index contributed by atoms with van der Waals surface area (Å²) < 4.78 is 8.24. The van der Waals surface area contributed by atoms with Gasteiger partial charge in [-0.15, -0.1) is 10.2 Å². The van der Waals surface area contributed by atoms with Gasteiger partial charge in [0, 0.05) is 5.56 Å². The van der Waals surface area contributed by atoms with E-state index in [2.05, 4.69) is 26.9 Å². The van der Waals surface area contributed by atoms with Gasteiger partial charge in [0.05, 0.1) is 30.5 Å². The number of ether oxygens (including phenoxy) is 1. The van der Waals surface area contributed by atoms with Crippen LogP contribution in [0, 0.1) is 0 Å². The van der Waals surface area contributed by atoms with E-state index in [0.29, 0.717) is 16.0 Å². The van der Waals surface area contributed by atoms with Crippen molar-refractivity contribution in [3.8, 4) is 11.5 Å². The average Bonchev–Trinajstić information content (AvgIpc) is 3.25. The number of phenols is 1. The molecule has 3 aromatic carbocycles. The summed E-state index contributed by atoms with van der Waals surface area (Å²) in [7, 11) is 1.52. The Kier molecular flexibility index (Phi) is 6.56. The molecule has 0 spiro atoms. The second-order valence-electron chi connectivity index (χ2n) is 7.89. The topological polar surface area (TPSA) is 91.7 Å². The normalized spacial score (nSPS) is 15.9. The number of hydrogen-bond donors (Lipinski definition) is 2. The number of aromatic hydroxyl groups is 1. The fraction of sp³-hybridized carbons (Fsp3) is 0.148. The maximum absolute atomic E-state index is 9.99. The summed E-state index contributed by atoms with van der Waals surface area (Å²) in [5, 5.41) is 28.8. The number of benzene rings is 3. The first-order chi connectivity index (χ1) is 17.2. The van der Waals surface area contributed by atoms with Crippen LogP contribution in [-0.2, 0) is 0 Å². The summed E-state index contributed by atoms with van der Waals surface area (Å²) >= 11 is 1.48. The third-order valence-corrected chi connectivity index (χ3v) is 6.65. The molecule has 8 heteroatoms. The van der Waals surface area contributed by atoms with Crippen LogP contribution in [0.3, 0.4) is 0 Å². The smallest absolute Gasteiger partial charge is 0.213 e. The third-order valence-electron chi connectivity index (χ3n) is 5.66. The number of aromatic nitrogens is 1.